The van der Waals surface area contributed by atoms with Crippen molar-refractivity contribution in [2.75, 3.05) is 36.5 Å². The van der Waals surface area contributed by atoms with Crippen LogP contribution in [0.1, 0.15) is 5.56 Å². The lowest BCUT2D eigenvalue weighted by atomic mass is 10.2. The molecule has 8 heteroatoms. The number of morpholine rings is 1. The summed E-state index contributed by atoms with van der Waals surface area (Å²) in [6.45, 7) is 4.19. The first kappa shape index (κ1) is 20.5. The van der Waals surface area contributed by atoms with Gasteiger partial charge in [-0.25, -0.2) is 9.97 Å². The van der Waals surface area contributed by atoms with Gasteiger partial charge in [0.15, 0.2) is 0 Å². The van der Waals surface area contributed by atoms with Crippen LogP contribution in [-0.2, 0) is 11.3 Å². The van der Waals surface area contributed by atoms with Gasteiger partial charge in [-0.1, -0.05) is 23.9 Å². The van der Waals surface area contributed by atoms with Gasteiger partial charge >= 0.3 is 0 Å². The molecule has 3 heterocycles. The molecule has 0 saturated carbocycles. The topological polar surface area (TPSA) is 68.1 Å². The summed E-state index contributed by atoms with van der Waals surface area (Å²) in [6, 6.07) is 20.7. The van der Waals surface area contributed by atoms with Crippen molar-refractivity contribution in [3.05, 3.63) is 84.8 Å². The number of hydrogen-bond acceptors (Lipinski definition) is 7. The number of rotatable bonds is 7. The molecule has 2 aromatic carbocycles. The first-order valence-electron chi connectivity index (χ1n) is 10.6. The maximum atomic E-state index is 5.43. The van der Waals surface area contributed by atoms with Crippen molar-refractivity contribution in [1.82, 2.24) is 19.7 Å². The highest BCUT2D eigenvalue weighted by Gasteiger charge is 2.11. The molecule has 162 valence electrons. The van der Waals surface area contributed by atoms with E-state index in [1.807, 2.05) is 23.0 Å². The molecular weight excluding hydrogens is 420 g/mol. The molecular formula is C24H24N6OS. The maximum Gasteiger partial charge on any atom is 0.228 e. The van der Waals surface area contributed by atoms with Crippen LogP contribution >= 0.6 is 11.8 Å². The summed E-state index contributed by atoms with van der Waals surface area (Å²) in [5.74, 6) is 0.587. The molecule has 4 aromatic rings. The van der Waals surface area contributed by atoms with Crippen LogP contribution in [0.2, 0.25) is 0 Å². The van der Waals surface area contributed by atoms with E-state index in [9.17, 15) is 0 Å². The van der Waals surface area contributed by atoms with E-state index in [1.54, 1.807) is 24.2 Å². The standard InChI is InChI=1S/C24H24N6OS/c1-11-26-30(13-1)18-19-2-8-22(9-3-19)32-23-10-12-25-24(28-23)27-20-4-6-21(7-5-20)29-14-16-31-17-15-29/h1-13H,14-18H2,(H,25,27,28). The van der Waals surface area contributed by atoms with E-state index in [0.717, 1.165) is 48.5 Å². The Balaban J connectivity index is 1.21. The number of nitrogens with zero attached hydrogens (tertiary/aromatic N) is 5. The second-order valence-electron chi connectivity index (χ2n) is 7.44. The van der Waals surface area contributed by atoms with Crippen LogP contribution in [0.15, 0.2) is 89.2 Å². The Hall–Kier alpha value is -3.36. The normalized spacial score (nSPS) is 13.8. The summed E-state index contributed by atoms with van der Waals surface area (Å²) < 4.78 is 7.34. The molecule has 7 nitrogen and oxygen atoms in total. The SMILES string of the molecule is c1cnn(Cc2ccc(Sc3ccnc(Nc4ccc(N5CCOCC5)cc4)n3)cc2)c1. The van der Waals surface area contributed by atoms with E-state index < -0.39 is 0 Å². The van der Waals surface area contributed by atoms with Crippen molar-refractivity contribution in [3.63, 3.8) is 0 Å². The first-order valence-corrected chi connectivity index (χ1v) is 11.4. The average molecular weight is 445 g/mol. The van der Waals surface area contributed by atoms with Gasteiger partial charge < -0.3 is 15.0 Å². The third-order valence-corrected chi connectivity index (χ3v) is 6.12. The van der Waals surface area contributed by atoms with Gasteiger partial charge in [0.05, 0.1) is 19.8 Å². The van der Waals surface area contributed by atoms with Crippen molar-refractivity contribution < 1.29 is 4.74 Å². The van der Waals surface area contributed by atoms with Crippen LogP contribution in [0.25, 0.3) is 0 Å². The van der Waals surface area contributed by atoms with Gasteiger partial charge in [-0.3, -0.25) is 4.68 Å². The molecule has 0 atom stereocenters. The molecule has 1 fully saturated rings. The number of aromatic nitrogens is 4. The van der Waals surface area contributed by atoms with E-state index in [1.165, 1.54) is 11.3 Å². The molecule has 0 radical (unpaired) electrons. The molecule has 1 N–H and O–H groups in total. The Morgan fingerprint density at radius 3 is 2.50 bits per heavy atom. The van der Waals surface area contributed by atoms with Gasteiger partial charge in [-0.05, 0) is 54.1 Å². The van der Waals surface area contributed by atoms with Gasteiger partial charge in [-0.2, -0.15) is 5.10 Å². The second-order valence-corrected chi connectivity index (χ2v) is 8.53. The zero-order valence-electron chi connectivity index (χ0n) is 17.6. The van der Waals surface area contributed by atoms with Gasteiger partial charge in [0.25, 0.3) is 0 Å². The number of hydrogen-bond donors (Lipinski definition) is 1. The third-order valence-electron chi connectivity index (χ3n) is 5.18. The van der Waals surface area contributed by atoms with Crippen LogP contribution in [-0.4, -0.2) is 46.1 Å². The average Bonchev–Trinajstić information content (AvgIpc) is 3.35. The monoisotopic (exact) mass is 444 g/mol. The van der Waals surface area contributed by atoms with E-state index in [4.69, 9.17) is 4.74 Å². The Labute approximate surface area is 191 Å². The summed E-state index contributed by atoms with van der Waals surface area (Å²) in [5.41, 5.74) is 3.39. The fraction of sp³-hybridized carbons (Fsp3) is 0.208. The Kier molecular flexibility index (Phi) is 6.32. The third kappa shape index (κ3) is 5.27. The van der Waals surface area contributed by atoms with Crippen LogP contribution in [0.3, 0.4) is 0 Å². The van der Waals surface area contributed by atoms with Crippen LogP contribution < -0.4 is 10.2 Å². The zero-order chi connectivity index (χ0) is 21.6. The second kappa shape index (κ2) is 9.84. The Morgan fingerprint density at radius 2 is 1.75 bits per heavy atom. The summed E-state index contributed by atoms with van der Waals surface area (Å²) >= 11 is 1.62. The minimum Gasteiger partial charge on any atom is -0.378 e. The highest BCUT2D eigenvalue weighted by molar-refractivity contribution is 7.99. The van der Waals surface area contributed by atoms with Gasteiger partial charge in [0.2, 0.25) is 5.95 Å². The Morgan fingerprint density at radius 1 is 0.938 bits per heavy atom. The van der Waals surface area contributed by atoms with Crippen molar-refractivity contribution in [1.29, 1.82) is 0 Å². The van der Waals surface area contributed by atoms with Crippen LogP contribution in [0, 0.1) is 0 Å². The summed E-state index contributed by atoms with van der Waals surface area (Å²) in [6.07, 6.45) is 5.55. The minimum atomic E-state index is 0.587. The fourth-order valence-corrected chi connectivity index (χ4v) is 4.30. The number of nitrogens with one attached hydrogen (secondary N) is 1. The van der Waals surface area contributed by atoms with Crippen molar-refractivity contribution in [2.45, 2.75) is 16.5 Å². The zero-order valence-corrected chi connectivity index (χ0v) is 18.4. The number of anilines is 3. The van der Waals surface area contributed by atoms with Crippen molar-refractivity contribution >= 4 is 29.1 Å². The predicted octanol–water partition coefficient (Wildman–Crippen LogP) is 4.45. The molecule has 0 aliphatic carbocycles. The lowest BCUT2D eigenvalue weighted by Crippen LogP contribution is -2.36. The lowest BCUT2D eigenvalue weighted by Gasteiger charge is -2.28. The van der Waals surface area contributed by atoms with E-state index in [-0.39, 0.29) is 0 Å². The van der Waals surface area contributed by atoms with Crippen molar-refractivity contribution in [3.8, 4) is 0 Å². The molecule has 32 heavy (non-hydrogen) atoms. The smallest absolute Gasteiger partial charge is 0.228 e. The number of ether oxygens (including phenoxy) is 1. The van der Waals surface area contributed by atoms with Gasteiger partial charge in [0, 0.05) is 48.0 Å². The predicted molar refractivity (Wildman–Crippen MR) is 127 cm³/mol. The fourth-order valence-electron chi connectivity index (χ4n) is 3.53. The van der Waals surface area contributed by atoms with Gasteiger partial charge in [-0.15, -0.1) is 0 Å². The largest absolute Gasteiger partial charge is 0.378 e. The molecule has 0 bridgehead atoms. The summed E-state index contributed by atoms with van der Waals surface area (Å²) in [5, 5.41) is 8.46. The lowest BCUT2D eigenvalue weighted by molar-refractivity contribution is 0.122. The van der Waals surface area contributed by atoms with Gasteiger partial charge in [0.1, 0.15) is 5.03 Å². The molecule has 1 saturated heterocycles. The van der Waals surface area contributed by atoms with E-state index in [2.05, 4.69) is 73.8 Å². The molecule has 0 amide bonds. The molecule has 1 aliphatic heterocycles. The maximum absolute atomic E-state index is 5.43. The highest BCUT2D eigenvalue weighted by Crippen LogP contribution is 2.27. The van der Waals surface area contributed by atoms with Crippen LogP contribution in [0.4, 0.5) is 17.3 Å². The molecule has 2 aromatic heterocycles. The molecule has 5 rings (SSSR count). The summed E-state index contributed by atoms with van der Waals surface area (Å²) in [7, 11) is 0. The Bertz CT molecular complexity index is 1130. The van der Waals surface area contributed by atoms with E-state index in [0.29, 0.717) is 5.95 Å². The quantitative estimate of drug-likeness (QED) is 0.422. The minimum absolute atomic E-state index is 0.587. The molecule has 1 aliphatic rings. The van der Waals surface area contributed by atoms with E-state index >= 15 is 0 Å². The van der Waals surface area contributed by atoms with Crippen molar-refractivity contribution in [2.24, 2.45) is 0 Å². The highest BCUT2D eigenvalue weighted by atomic mass is 32.2. The number of benzene rings is 2. The van der Waals surface area contributed by atoms with Crippen LogP contribution in [0.5, 0.6) is 0 Å². The first-order chi connectivity index (χ1) is 15.8. The molecule has 0 spiro atoms. The molecule has 0 unspecified atom stereocenters. The summed E-state index contributed by atoms with van der Waals surface area (Å²) in [4.78, 5) is 12.5.